The third-order valence-electron chi connectivity index (χ3n) is 5.78. The van der Waals surface area contributed by atoms with Crippen LogP contribution in [0.4, 0.5) is 0 Å². The van der Waals surface area contributed by atoms with Gasteiger partial charge in [-0.1, -0.05) is 0 Å². The Morgan fingerprint density at radius 3 is 2.08 bits per heavy atom. The molecular weight excluding hydrogens is 423 g/mol. The summed E-state index contributed by atoms with van der Waals surface area (Å²) < 4.78 is 8.68. The third kappa shape index (κ3) is 7.09. The van der Waals surface area contributed by atoms with Crippen molar-refractivity contribution in [1.29, 1.82) is 0 Å². The first kappa shape index (κ1) is 21.5. The Balaban J connectivity index is 1.89. The maximum atomic E-state index is 4.13. The molecule has 1 aromatic carbocycles. The van der Waals surface area contributed by atoms with Crippen molar-refractivity contribution in [3.05, 3.63) is 49.1 Å². The number of hydrogen-bond acceptors (Lipinski definition) is 1. The van der Waals surface area contributed by atoms with Crippen LogP contribution in [-0.4, -0.2) is 27.9 Å². The van der Waals surface area contributed by atoms with E-state index in [1.165, 1.54) is 51.4 Å². The molecule has 2 rings (SSSR count). The number of imidazole rings is 1. The Morgan fingerprint density at radius 1 is 0.808 bits per heavy atom. The Hall–Kier alpha value is -0.771. The van der Waals surface area contributed by atoms with E-state index < -0.39 is 18.4 Å². The minimum atomic E-state index is -2.23. The zero-order valence-corrected chi connectivity index (χ0v) is 19.9. The van der Waals surface area contributed by atoms with Crippen molar-refractivity contribution in [3.8, 4) is 0 Å². The van der Waals surface area contributed by atoms with Gasteiger partial charge in [-0.15, -0.1) is 0 Å². The van der Waals surface area contributed by atoms with E-state index in [1.807, 2.05) is 12.5 Å². The maximum absolute atomic E-state index is 4.13. The van der Waals surface area contributed by atoms with Gasteiger partial charge < -0.3 is 0 Å². The average molecular weight is 461 g/mol. The van der Waals surface area contributed by atoms with Crippen molar-refractivity contribution in [3.63, 3.8) is 0 Å². The molecule has 144 valence electrons. The van der Waals surface area contributed by atoms with Gasteiger partial charge in [0.25, 0.3) is 0 Å². The summed E-state index contributed by atoms with van der Waals surface area (Å²) in [4.78, 5) is 4.13. The quantitative estimate of drug-likeness (QED) is 0.235. The molecule has 1 heterocycles. The summed E-state index contributed by atoms with van der Waals surface area (Å²) >= 11 is -2.23. The van der Waals surface area contributed by atoms with Crippen LogP contribution in [0.15, 0.2) is 49.1 Å². The van der Waals surface area contributed by atoms with Crippen LogP contribution in [0.1, 0.15) is 65.2 Å². The summed E-state index contributed by atoms with van der Waals surface area (Å²) in [5.41, 5.74) is 0. The van der Waals surface area contributed by atoms with Crippen LogP contribution in [0.2, 0.25) is 13.3 Å². The zero-order chi connectivity index (χ0) is 18.5. The molecule has 0 unspecified atom stereocenters. The fourth-order valence-electron chi connectivity index (χ4n) is 4.16. The van der Waals surface area contributed by atoms with Gasteiger partial charge in [-0.05, 0) is 0 Å². The molecule has 0 saturated heterocycles. The van der Waals surface area contributed by atoms with Crippen molar-refractivity contribution < 1.29 is 0 Å². The van der Waals surface area contributed by atoms with E-state index in [9.17, 15) is 0 Å². The molecule has 0 saturated carbocycles. The van der Waals surface area contributed by atoms with Gasteiger partial charge >= 0.3 is 166 Å². The van der Waals surface area contributed by atoms with E-state index in [4.69, 9.17) is 0 Å². The summed E-state index contributed by atoms with van der Waals surface area (Å²) in [7, 11) is 0. The Labute approximate surface area is 165 Å². The number of hydrogen-bond donors (Lipinski definition) is 0. The summed E-state index contributed by atoms with van der Waals surface area (Å²) in [6.45, 7) is 5.84. The van der Waals surface area contributed by atoms with Gasteiger partial charge in [0, 0.05) is 0 Å². The van der Waals surface area contributed by atoms with Crippen molar-refractivity contribution >= 4 is 22.0 Å². The molecule has 0 aliphatic rings. The number of benzene rings is 1. The van der Waals surface area contributed by atoms with Crippen LogP contribution in [-0.2, 0) is 6.54 Å². The molecule has 2 aromatic rings. The fraction of sp³-hybridized carbons (Fsp3) is 0.609. The monoisotopic (exact) mass is 462 g/mol. The minimum absolute atomic E-state index is 1.12. The summed E-state index contributed by atoms with van der Waals surface area (Å²) in [5, 5.41) is 0. The number of nitrogens with zero attached hydrogens (tertiary/aromatic N) is 2. The molecule has 26 heavy (non-hydrogen) atoms. The van der Waals surface area contributed by atoms with E-state index in [-0.39, 0.29) is 0 Å². The van der Waals surface area contributed by atoms with Gasteiger partial charge in [-0.25, -0.2) is 0 Å². The molecule has 0 aliphatic heterocycles. The predicted molar refractivity (Wildman–Crippen MR) is 117 cm³/mol. The molecule has 0 amide bonds. The van der Waals surface area contributed by atoms with Crippen LogP contribution in [0, 0.1) is 0 Å². The molecule has 0 radical (unpaired) electrons. The first-order chi connectivity index (χ1) is 12.8. The fourth-order valence-corrected chi connectivity index (χ4v) is 19.9. The van der Waals surface area contributed by atoms with Crippen molar-refractivity contribution in [2.45, 2.75) is 85.1 Å². The second-order valence-corrected chi connectivity index (χ2v) is 21.1. The molecule has 2 nitrogen and oxygen atoms in total. The number of aromatic nitrogens is 2. The van der Waals surface area contributed by atoms with Gasteiger partial charge in [-0.3, -0.25) is 0 Å². The van der Waals surface area contributed by atoms with Crippen molar-refractivity contribution in [1.82, 2.24) is 9.55 Å². The van der Waals surface area contributed by atoms with Gasteiger partial charge in [0.15, 0.2) is 0 Å². The Bertz CT molecular complexity index is 557. The van der Waals surface area contributed by atoms with Crippen LogP contribution in [0.3, 0.4) is 0 Å². The van der Waals surface area contributed by atoms with Gasteiger partial charge in [0.05, 0.1) is 0 Å². The average Bonchev–Trinajstić information content (AvgIpc) is 3.20. The summed E-state index contributed by atoms with van der Waals surface area (Å²) in [6.07, 6.45) is 17.0. The molecule has 0 bridgehead atoms. The van der Waals surface area contributed by atoms with Crippen LogP contribution < -0.4 is 3.58 Å². The van der Waals surface area contributed by atoms with Crippen molar-refractivity contribution in [2.75, 3.05) is 0 Å². The molecular formula is C23H38N2Sn. The van der Waals surface area contributed by atoms with Gasteiger partial charge in [-0.2, -0.15) is 0 Å². The molecule has 0 atom stereocenters. The molecule has 0 spiro atoms. The van der Waals surface area contributed by atoms with E-state index in [2.05, 4.69) is 59.9 Å². The van der Waals surface area contributed by atoms with Crippen LogP contribution in [0.25, 0.3) is 0 Å². The second kappa shape index (κ2) is 12.6. The zero-order valence-electron chi connectivity index (χ0n) is 17.0. The number of unbranched alkanes of at least 4 members (excludes halogenated alkanes) is 5. The first-order valence-electron chi connectivity index (χ1n) is 10.8. The second-order valence-electron chi connectivity index (χ2n) is 7.82. The van der Waals surface area contributed by atoms with Gasteiger partial charge in [0.2, 0.25) is 0 Å². The summed E-state index contributed by atoms with van der Waals surface area (Å²) in [6, 6.07) is 11.7. The van der Waals surface area contributed by atoms with Gasteiger partial charge in [0.1, 0.15) is 0 Å². The molecule has 0 aliphatic carbocycles. The molecule has 0 N–H and O–H groups in total. The Kier molecular flexibility index (Phi) is 10.4. The van der Waals surface area contributed by atoms with E-state index >= 15 is 0 Å². The molecule has 1 aromatic heterocycles. The standard InChI is InChI=1S/C9H15N2.C6H5.2C4H9.Sn/c1-2-3-4-5-7-11-8-6-10-9-11;1-2-4-6-5-3-1;2*1-3-4-2;/h6,8-9H,1-5,7H2;1-5H;2*1,3-4H2,2H3;. The van der Waals surface area contributed by atoms with E-state index in [0.29, 0.717) is 0 Å². The molecule has 3 heteroatoms. The first-order valence-corrected chi connectivity index (χ1v) is 18.3. The van der Waals surface area contributed by atoms with E-state index in [1.54, 1.807) is 16.9 Å². The summed E-state index contributed by atoms with van der Waals surface area (Å²) in [5.74, 6) is 0. The molecule has 0 fully saturated rings. The third-order valence-corrected chi connectivity index (χ3v) is 21.5. The normalized spacial score (nSPS) is 11.8. The van der Waals surface area contributed by atoms with Crippen LogP contribution in [0.5, 0.6) is 0 Å². The van der Waals surface area contributed by atoms with E-state index in [0.717, 1.165) is 6.54 Å². The number of rotatable bonds is 14. The van der Waals surface area contributed by atoms with Crippen molar-refractivity contribution in [2.24, 2.45) is 0 Å². The van der Waals surface area contributed by atoms with Crippen LogP contribution >= 0.6 is 0 Å². The SMILES string of the molecule is CCC[CH2][Sn]([CH2]CCC)([CH2]CCCCCn1ccnc1)[c]1ccccc1. The predicted octanol–water partition coefficient (Wildman–Crippen LogP) is 6.40. The Morgan fingerprint density at radius 2 is 1.46 bits per heavy atom. The topological polar surface area (TPSA) is 17.8 Å². The number of aryl methyl sites for hydroxylation is 1.